The van der Waals surface area contributed by atoms with Gasteiger partial charge in [-0.3, -0.25) is 9.35 Å². The van der Waals surface area contributed by atoms with Crippen molar-refractivity contribution in [2.45, 2.75) is 62.8 Å². The molecule has 1 unspecified atom stereocenters. The molecule has 0 aliphatic carbocycles. The number of hydrogen-bond donors (Lipinski definition) is 2. The lowest BCUT2D eigenvalue weighted by atomic mass is 10.1. The third kappa shape index (κ3) is 6.77. The minimum absolute atomic E-state index is 0.663. The molecule has 0 rings (SSSR count). The number of esters is 1. The maximum atomic E-state index is 13.7. The molecule has 16 heteroatoms. The molecule has 0 saturated heterocycles. The first-order valence-corrected chi connectivity index (χ1v) is 9.50. The average Bonchev–Trinajstić information content (AvgIpc) is 2.49. The molecule has 0 aliphatic rings. The van der Waals surface area contributed by atoms with Crippen molar-refractivity contribution in [3.8, 4) is 0 Å². The maximum absolute atomic E-state index is 13.7. The molecule has 8 nitrogen and oxygen atoms in total. The van der Waals surface area contributed by atoms with Gasteiger partial charge in [-0.15, -0.1) is 0 Å². The summed E-state index contributed by atoms with van der Waals surface area (Å²) in [5.74, 6) is -14.2. The molecule has 0 spiro atoms. The molecule has 0 radical (unpaired) electrons. The van der Waals surface area contributed by atoms with Crippen LogP contribution in [-0.2, 0) is 29.2 Å². The van der Waals surface area contributed by atoms with E-state index in [0.717, 1.165) is 6.92 Å². The number of rotatable bonds is 9. The van der Waals surface area contributed by atoms with Crippen LogP contribution in [0.2, 0.25) is 0 Å². The van der Waals surface area contributed by atoms with Crippen LogP contribution in [0.25, 0.3) is 0 Å². The van der Waals surface area contributed by atoms with Crippen molar-refractivity contribution in [1.29, 1.82) is 0 Å². The van der Waals surface area contributed by atoms with Gasteiger partial charge in [-0.2, -0.15) is 39.2 Å². The molecule has 0 heterocycles. The Morgan fingerprint density at radius 3 is 1.81 bits per heavy atom. The Bertz CT molecular complexity index is 819. The Balaban J connectivity index is 6.14. The summed E-state index contributed by atoms with van der Waals surface area (Å²) in [5, 5.41) is -4.34. The monoisotopic (exact) mass is 491 g/mol. The van der Waals surface area contributed by atoms with Gasteiger partial charge in [0.2, 0.25) is 0 Å². The predicted octanol–water partition coefficient (Wildman–Crippen LogP) is 2.80. The van der Waals surface area contributed by atoms with Crippen LogP contribution in [0.3, 0.4) is 0 Å². The van der Waals surface area contributed by atoms with Gasteiger partial charge in [-0.05, 0) is 27.7 Å². The Kier molecular flexibility index (Phi) is 8.34. The van der Waals surface area contributed by atoms with Crippen molar-refractivity contribution < 1.29 is 62.8 Å². The highest BCUT2D eigenvalue weighted by molar-refractivity contribution is 7.87. The second-order valence-electron chi connectivity index (χ2n) is 7.28. The largest absolute Gasteiger partial charge is 0.466 e. The lowest BCUT2D eigenvalue weighted by molar-refractivity contribution is -0.350. The molecular formula is C15H20F7NO7S. The van der Waals surface area contributed by atoms with Gasteiger partial charge in [0.05, 0.1) is 6.61 Å². The Labute approximate surface area is 172 Å². The number of hydrogen-bond acceptors (Lipinski definition) is 6. The smallest absolute Gasteiger partial charge is 0.412 e. The van der Waals surface area contributed by atoms with Gasteiger partial charge in [0.1, 0.15) is 0 Å². The first-order valence-electron chi connectivity index (χ1n) is 8.06. The predicted molar refractivity (Wildman–Crippen MR) is 89.6 cm³/mol. The molecule has 0 bridgehead atoms. The first-order chi connectivity index (χ1) is 13.4. The first kappa shape index (κ1) is 29.1. The molecule has 0 aliphatic heterocycles. The molecule has 2 N–H and O–H groups in total. The van der Waals surface area contributed by atoms with Gasteiger partial charge < -0.3 is 14.8 Å². The van der Waals surface area contributed by atoms with E-state index in [9.17, 15) is 48.7 Å². The quantitative estimate of drug-likeness (QED) is 0.167. The van der Waals surface area contributed by atoms with Gasteiger partial charge >= 0.3 is 45.1 Å². The maximum Gasteiger partial charge on any atom is 0.466 e. The summed E-state index contributed by atoms with van der Waals surface area (Å²) in [6.07, 6.45) is -8.33. The summed E-state index contributed by atoms with van der Waals surface area (Å²) in [4.78, 5) is 23.9. The van der Waals surface area contributed by atoms with Crippen LogP contribution < -0.4 is 5.32 Å². The third-order valence-corrected chi connectivity index (χ3v) is 4.16. The van der Waals surface area contributed by atoms with E-state index in [4.69, 9.17) is 4.55 Å². The molecule has 1 atom stereocenters. The summed E-state index contributed by atoms with van der Waals surface area (Å²) in [6, 6.07) is 0. The van der Waals surface area contributed by atoms with Crippen molar-refractivity contribution in [2.24, 2.45) is 0 Å². The molecule has 0 aromatic rings. The number of carbonyl (C=O) groups excluding carboxylic acids is 2. The van der Waals surface area contributed by atoms with Crippen LogP contribution in [0.4, 0.5) is 30.7 Å². The lowest BCUT2D eigenvalue weighted by Crippen LogP contribution is -2.64. The SMILES string of the molecule is C=C(C)C(=O)OC(OCCC(F)(F)C(F)(F)S(=O)(=O)O)(C(=O)NC(C)(C)C)C(F)(F)F. The van der Waals surface area contributed by atoms with Gasteiger partial charge in [-0.1, -0.05) is 6.58 Å². The van der Waals surface area contributed by atoms with Gasteiger partial charge in [0.25, 0.3) is 0 Å². The van der Waals surface area contributed by atoms with Crippen molar-refractivity contribution in [2.75, 3.05) is 6.61 Å². The zero-order valence-electron chi connectivity index (χ0n) is 16.6. The van der Waals surface area contributed by atoms with Crippen LogP contribution in [0.15, 0.2) is 12.2 Å². The Morgan fingerprint density at radius 1 is 1.03 bits per heavy atom. The fourth-order valence-corrected chi connectivity index (χ4v) is 2.19. The van der Waals surface area contributed by atoms with Gasteiger partial charge in [0, 0.05) is 17.5 Å². The molecule has 182 valence electrons. The minimum atomic E-state index is -6.66. The molecule has 0 saturated carbocycles. The van der Waals surface area contributed by atoms with Crippen LogP contribution >= 0.6 is 0 Å². The normalized spacial score (nSPS) is 15.7. The molecule has 0 aromatic heterocycles. The van der Waals surface area contributed by atoms with Crippen LogP contribution in [0, 0.1) is 0 Å². The van der Waals surface area contributed by atoms with E-state index in [0.29, 0.717) is 0 Å². The van der Waals surface area contributed by atoms with Crippen molar-refractivity contribution in [1.82, 2.24) is 5.32 Å². The van der Waals surface area contributed by atoms with Gasteiger partial charge in [0.15, 0.2) is 0 Å². The van der Waals surface area contributed by atoms with E-state index in [1.165, 1.54) is 20.8 Å². The highest BCUT2D eigenvalue weighted by atomic mass is 32.2. The molecule has 0 fully saturated rings. The highest BCUT2D eigenvalue weighted by Gasteiger charge is 2.68. The van der Waals surface area contributed by atoms with Gasteiger partial charge in [-0.25, -0.2) is 4.79 Å². The summed E-state index contributed by atoms with van der Waals surface area (Å²) < 4.78 is 132. The summed E-state index contributed by atoms with van der Waals surface area (Å²) in [6.45, 7) is 5.42. The number of nitrogens with one attached hydrogen (secondary N) is 1. The van der Waals surface area contributed by atoms with Crippen LogP contribution in [0.5, 0.6) is 0 Å². The standard InChI is InChI=1S/C15H20F7NO7S/c1-8(2)9(24)30-13(14(18,19)20,10(25)23-11(3,4)5)29-7-6-12(16,17)15(21,22)31(26,27)28/h1,6-7H2,2-5H3,(H,23,25)(H,26,27,28). The summed E-state index contributed by atoms with van der Waals surface area (Å²) in [5.41, 5.74) is -2.06. The number of carbonyl (C=O) groups is 2. The number of amides is 1. The van der Waals surface area contributed by atoms with E-state index in [-0.39, 0.29) is 0 Å². The lowest BCUT2D eigenvalue weighted by Gasteiger charge is -2.36. The molecular weight excluding hydrogens is 471 g/mol. The zero-order chi connectivity index (χ0) is 25.3. The summed E-state index contributed by atoms with van der Waals surface area (Å²) >= 11 is 0. The number of alkyl halides is 7. The van der Waals surface area contributed by atoms with E-state index in [1.54, 1.807) is 5.32 Å². The van der Waals surface area contributed by atoms with Crippen molar-refractivity contribution in [3.63, 3.8) is 0 Å². The Hall–Kier alpha value is -1.94. The number of halogens is 7. The topological polar surface area (TPSA) is 119 Å². The van der Waals surface area contributed by atoms with E-state index in [1.807, 2.05) is 0 Å². The highest BCUT2D eigenvalue weighted by Crippen LogP contribution is 2.42. The van der Waals surface area contributed by atoms with E-state index >= 15 is 0 Å². The summed E-state index contributed by atoms with van der Waals surface area (Å²) in [7, 11) is -6.66. The fraction of sp³-hybridized carbons (Fsp3) is 0.733. The second-order valence-corrected chi connectivity index (χ2v) is 8.75. The third-order valence-electron chi connectivity index (χ3n) is 3.22. The minimum Gasteiger partial charge on any atom is -0.412 e. The van der Waals surface area contributed by atoms with Crippen LogP contribution in [0.1, 0.15) is 34.1 Å². The number of ether oxygens (including phenoxy) is 2. The second kappa shape index (κ2) is 8.90. The van der Waals surface area contributed by atoms with Crippen molar-refractivity contribution >= 4 is 22.0 Å². The van der Waals surface area contributed by atoms with E-state index < -0.39 is 69.3 Å². The Morgan fingerprint density at radius 2 is 1.48 bits per heavy atom. The van der Waals surface area contributed by atoms with Crippen molar-refractivity contribution in [3.05, 3.63) is 12.2 Å². The molecule has 31 heavy (non-hydrogen) atoms. The zero-order valence-corrected chi connectivity index (χ0v) is 17.4. The van der Waals surface area contributed by atoms with Crippen LogP contribution in [-0.4, -0.2) is 60.1 Å². The molecule has 1 amide bonds. The van der Waals surface area contributed by atoms with E-state index in [2.05, 4.69) is 16.1 Å². The average molecular weight is 491 g/mol. The molecule has 0 aromatic carbocycles. The fourth-order valence-electron chi connectivity index (χ4n) is 1.71.